The number of aromatic nitrogens is 1. The first-order valence-electron chi connectivity index (χ1n) is 5.69. The van der Waals surface area contributed by atoms with Crippen LogP contribution < -0.4 is 0 Å². The van der Waals surface area contributed by atoms with E-state index in [9.17, 15) is 9.18 Å². The largest absolute Gasteiger partial charge is 0.336 e. The molecule has 0 bridgehead atoms. The highest BCUT2D eigenvalue weighted by Crippen LogP contribution is 2.12. The minimum atomic E-state index is -0.691. The van der Waals surface area contributed by atoms with Crippen LogP contribution in [0.15, 0.2) is 18.3 Å². The average Bonchev–Trinajstić information content (AvgIpc) is 2.32. The lowest BCUT2D eigenvalue weighted by molar-refractivity contribution is 0.0567. The lowest BCUT2D eigenvalue weighted by Gasteiger charge is -2.37. The normalized spacial score (nSPS) is 21.6. The van der Waals surface area contributed by atoms with Crippen molar-refractivity contribution in [2.24, 2.45) is 0 Å². The molecule has 5 heteroatoms. The maximum Gasteiger partial charge on any atom is 0.258 e. The van der Waals surface area contributed by atoms with Gasteiger partial charge in [-0.1, -0.05) is 0 Å². The van der Waals surface area contributed by atoms with Crippen LogP contribution in [0.3, 0.4) is 0 Å². The van der Waals surface area contributed by atoms with Gasteiger partial charge in [-0.15, -0.1) is 0 Å². The molecule has 1 amide bonds. The number of hydrogen-bond donors (Lipinski definition) is 0. The van der Waals surface area contributed by atoms with Crippen LogP contribution in [0.4, 0.5) is 4.39 Å². The van der Waals surface area contributed by atoms with E-state index in [-0.39, 0.29) is 11.5 Å². The molecule has 1 atom stereocenters. The molecule has 2 rings (SSSR count). The van der Waals surface area contributed by atoms with E-state index in [4.69, 9.17) is 0 Å². The van der Waals surface area contributed by atoms with Crippen molar-refractivity contribution < 1.29 is 9.18 Å². The number of amides is 1. The van der Waals surface area contributed by atoms with Crippen molar-refractivity contribution in [2.75, 3.05) is 26.7 Å². The molecule has 0 spiro atoms. The number of piperazine rings is 1. The molecule has 0 aliphatic carbocycles. The zero-order chi connectivity index (χ0) is 12.4. The number of nitrogens with zero attached hydrogens (tertiary/aromatic N) is 3. The smallest absolute Gasteiger partial charge is 0.258 e. The summed E-state index contributed by atoms with van der Waals surface area (Å²) in [6, 6.07) is 3.36. The van der Waals surface area contributed by atoms with Crippen molar-refractivity contribution in [3.05, 3.63) is 29.8 Å². The van der Waals surface area contributed by atoms with Gasteiger partial charge in [0.15, 0.2) is 0 Å². The number of halogens is 1. The number of hydrogen-bond acceptors (Lipinski definition) is 3. The van der Waals surface area contributed by atoms with E-state index in [1.54, 1.807) is 11.0 Å². The second-order valence-corrected chi connectivity index (χ2v) is 4.42. The first kappa shape index (κ1) is 12.0. The van der Waals surface area contributed by atoms with E-state index in [2.05, 4.69) is 16.8 Å². The minimum absolute atomic E-state index is 0.0595. The topological polar surface area (TPSA) is 36.4 Å². The molecule has 1 aliphatic rings. The Hall–Kier alpha value is -1.49. The van der Waals surface area contributed by atoms with Crippen LogP contribution in [0, 0.1) is 5.95 Å². The van der Waals surface area contributed by atoms with E-state index < -0.39 is 5.95 Å². The van der Waals surface area contributed by atoms with Crippen LogP contribution in [-0.4, -0.2) is 53.4 Å². The minimum Gasteiger partial charge on any atom is -0.336 e. The Bertz CT molecular complexity index is 424. The van der Waals surface area contributed by atoms with E-state index >= 15 is 0 Å². The van der Waals surface area contributed by atoms with Crippen LogP contribution in [0.25, 0.3) is 0 Å². The summed E-state index contributed by atoms with van der Waals surface area (Å²) in [6.45, 7) is 4.13. The van der Waals surface area contributed by atoms with Gasteiger partial charge in [0.2, 0.25) is 5.95 Å². The van der Waals surface area contributed by atoms with E-state index in [0.29, 0.717) is 19.1 Å². The fourth-order valence-electron chi connectivity index (χ4n) is 1.95. The highest BCUT2D eigenvalue weighted by atomic mass is 19.1. The van der Waals surface area contributed by atoms with Crippen LogP contribution in [0.5, 0.6) is 0 Å². The number of rotatable bonds is 1. The molecule has 0 N–H and O–H groups in total. The van der Waals surface area contributed by atoms with Crippen LogP contribution in [-0.2, 0) is 0 Å². The molecule has 1 aromatic heterocycles. The molecule has 1 saturated heterocycles. The second kappa shape index (κ2) is 4.79. The number of likely N-dealkylation sites (N-methyl/N-ethyl adjacent to an activating group) is 1. The lowest BCUT2D eigenvalue weighted by Crippen LogP contribution is -2.52. The number of pyridine rings is 1. The van der Waals surface area contributed by atoms with Crippen molar-refractivity contribution in [2.45, 2.75) is 13.0 Å². The quantitative estimate of drug-likeness (QED) is 0.684. The molecule has 0 aromatic carbocycles. The van der Waals surface area contributed by atoms with Crippen molar-refractivity contribution in [1.82, 2.24) is 14.8 Å². The summed E-state index contributed by atoms with van der Waals surface area (Å²) in [5.74, 6) is -0.959. The molecule has 4 nitrogen and oxygen atoms in total. The molecule has 92 valence electrons. The molecule has 0 saturated carbocycles. The van der Waals surface area contributed by atoms with Gasteiger partial charge in [0.25, 0.3) is 5.91 Å². The van der Waals surface area contributed by atoms with Crippen molar-refractivity contribution in [1.29, 1.82) is 0 Å². The Labute approximate surface area is 100 Å². The Morgan fingerprint density at radius 1 is 1.53 bits per heavy atom. The van der Waals surface area contributed by atoms with Crippen LogP contribution in [0.2, 0.25) is 0 Å². The van der Waals surface area contributed by atoms with Gasteiger partial charge < -0.3 is 9.80 Å². The number of carbonyl (C=O) groups excluding carboxylic acids is 1. The van der Waals surface area contributed by atoms with Crippen LogP contribution in [0.1, 0.15) is 17.3 Å². The van der Waals surface area contributed by atoms with Gasteiger partial charge in [0, 0.05) is 31.9 Å². The Morgan fingerprint density at radius 2 is 2.29 bits per heavy atom. The fourth-order valence-corrected chi connectivity index (χ4v) is 1.95. The summed E-state index contributed by atoms with van der Waals surface area (Å²) in [5.41, 5.74) is 0.0595. The molecule has 1 unspecified atom stereocenters. The molecular formula is C12H16FN3O. The average molecular weight is 237 g/mol. The molecular weight excluding hydrogens is 221 g/mol. The van der Waals surface area contributed by atoms with Gasteiger partial charge in [-0.3, -0.25) is 4.79 Å². The zero-order valence-electron chi connectivity index (χ0n) is 10.1. The van der Waals surface area contributed by atoms with Gasteiger partial charge in [-0.2, -0.15) is 4.39 Å². The highest BCUT2D eigenvalue weighted by molar-refractivity contribution is 5.94. The maximum atomic E-state index is 13.4. The van der Waals surface area contributed by atoms with Gasteiger partial charge >= 0.3 is 0 Å². The van der Waals surface area contributed by atoms with E-state index in [0.717, 1.165) is 6.54 Å². The van der Waals surface area contributed by atoms with Crippen LogP contribution >= 0.6 is 0 Å². The Kier molecular flexibility index (Phi) is 3.38. The zero-order valence-corrected chi connectivity index (χ0v) is 10.1. The third-order valence-corrected chi connectivity index (χ3v) is 3.24. The Balaban J connectivity index is 2.14. The predicted molar refractivity (Wildman–Crippen MR) is 62.2 cm³/mol. The molecule has 1 aromatic rings. The predicted octanol–water partition coefficient (Wildman–Crippen LogP) is 0.997. The van der Waals surface area contributed by atoms with Crippen molar-refractivity contribution >= 4 is 5.91 Å². The molecule has 1 aliphatic heterocycles. The summed E-state index contributed by atoms with van der Waals surface area (Å²) in [5, 5.41) is 0. The second-order valence-electron chi connectivity index (χ2n) is 4.42. The summed E-state index contributed by atoms with van der Waals surface area (Å²) >= 11 is 0. The van der Waals surface area contributed by atoms with Gasteiger partial charge in [-0.05, 0) is 26.1 Å². The molecule has 1 fully saturated rings. The van der Waals surface area contributed by atoms with Crippen molar-refractivity contribution in [3.8, 4) is 0 Å². The summed E-state index contributed by atoms with van der Waals surface area (Å²) in [6.07, 6.45) is 1.35. The summed E-state index contributed by atoms with van der Waals surface area (Å²) in [7, 11) is 2.02. The maximum absolute atomic E-state index is 13.4. The monoisotopic (exact) mass is 237 g/mol. The molecule has 17 heavy (non-hydrogen) atoms. The molecule has 2 heterocycles. The SMILES string of the molecule is CC1CN(C(=O)c2cccnc2F)CCN1C. The number of carbonyl (C=O) groups is 1. The van der Waals surface area contributed by atoms with Gasteiger partial charge in [-0.25, -0.2) is 4.98 Å². The molecule has 0 radical (unpaired) electrons. The lowest BCUT2D eigenvalue weighted by atomic mass is 10.1. The Morgan fingerprint density at radius 3 is 2.94 bits per heavy atom. The highest BCUT2D eigenvalue weighted by Gasteiger charge is 2.26. The van der Waals surface area contributed by atoms with Gasteiger partial charge in [0.1, 0.15) is 0 Å². The van der Waals surface area contributed by atoms with E-state index in [1.165, 1.54) is 12.3 Å². The standard InChI is InChI=1S/C12H16FN3O/c1-9-8-16(7-6-15(9)2)12(17)10-4-3-5-14-11(10)13/h3-5,9H,6-8H2,1-2H3. The first-order chi connectivity index (χ1) is 8.09. The van der Waals surface area contributed by atoms with Gasteiger partial charge in [0.05, 0.1) is 5.56 Å². The summed E-state index contributed by atoms with van der Waals surface area (Å²) < 4.78 is 13.4. The summed E-state index contributed by atoms with van der Waals surface area (Å²) in [4.78, 5) is 19.5. The fraction of sp³-hybridized carbons (Fsp3) is 0.500. The third-order valence-electron chi connectivity index (χ3n) is 3.24. The first-order valence-corrected chi connectivity index (χ1v) is 5.69. The third kappa shape index (κ3) is 2.44. The van der Waals surface area contributed by atoms with E-state index in [1.807, 2.05) is 7.05 Å². The van der Waals surface area contributed by atoms with Crippen molar-refractivity contribution in [3.63, 3.8) is 0 Å².